The minimum Gasteiger partial charge on any atom is -0.0832 e. The van der Waals surface area contributed by atoms with Crippen molar-refractivity contribution in [3.8, 4) is 0 Å². The zero-order chi connectivity index (χ0) is 19.8. The van der Waals surface area contributed by atoms with Gasteiger partial charge in [-0.05, 0) is 55.3 Å². The van der Waals surface area contributed by atoms with Crippen molar-refractivity contribution in [1.82, 2.24) is 0 Å². The van der Waals surface area contributed by atoms with Gasteiger partial charge in [0.2, 0.25) is 0 Å². The van der Waals surface area contributed by atoms with Crippen LogP contribution >= 0.6 is 0 Å². The van der Waals surface area contributed by atoms with Gasteiger partial charge in [0, 0.05) is 8.16 Å². The van der Waals surface area contributed by atoms with Crippen LogP contribution in [0.15, 0.2) is 84.9 Å². The average Bonchev–Trinajstić information content (AvgIpc) is 2.69. The fourth-order valence-corrected chi connectivity index (χ4v) is 3.94. The van der Waals surface area contributed by atoms with Crippen molar-refractivity contribution in [2.24, 2.45) is 0 Å². The molecule has 0 amide bonds. The van der Waals surface area contributed by atoms with Crippen LogP contribution in [0.3, 0.4) is 0 Å². The van der Waals surface area contributed by atoms with E-state index in [1.165, 1.54) is 22.3 Å². The van der Waals surface area contributed by atoms with Gasteiger partial charge in [-0.1, -0.05) is 96.1 Å². The Morgan fingerprint density at radius 2 is 1.31 bits per heavy atom. The van der Waals surface area contributed by atoms with Crippen LogP contribution in [0.25, 0.3) is 0 Å². The maximum absolute atomic E-state index is 8.48. The Kier molecular flexibility index (Phi) is 3.90. The van der Waals surface area contributed by atoms with E-state index in [-0.39, 0.29) is 5.41 Å². The van der Waals surface area contributed by atoms with Crippen LogP contribution in [0.4, 0.5) is 0 Å². The molecule has 0 aromatic heterocycles. The minimum absolute atomic E-state index is 0.257. The second kappa shape index (κ2) is 6.96. The summed E-state index contributed by atoms with van der Waals surface area (Å²) < 4.78 is 17.0. The normalized spacial score (nSPS) is 17.9. The van der Waals surface area contributed by atoms with Crippen molar-refractivity contribution in [2.75, 3.05) is 0 Å². The molecule has 0 aliphatic heterocycles. The largest absolute Gasteiger partial charge is 0.0832 e. The number of aryl methyl sites for hydroxylation is 2. The third-order valence-electron chi connectivity index (χ3n) is 5.39. The zero-order valence-electron chi connectivity index (χ0n) is 17.5. The lowest BCUT2D eigenvalue weighted by molar-refractivity contribution is 0.515. The van der Waals surface area contributed by atoms with Crippen molar-refractivity contribution < 1.29 is 2.74 Å². The Balaban J connectivity index is 1.84. The first kappa shape index (κ1) is 14.6. The lowest BCUT2D eigenvalue weighted by Gasteiger charge is -2.36. The summed E-state index contributed by atoms with van der Waals surface area (Å²) in [5.74, 6) is 0. The highest BCUT2D eigenvalue weighted by Gasteiger charge is 2.33. The molecule has 0 fully saturated rings. The van der Waals surface area contributed by atoms with E-state index in [0.717, 1.165) is 24.0 Å². The molecule has 1 aliphatic carbocycles. The number of benzene rings is 3. The first-order chi connectivity index (χ1) is 13.4. The smallest absolute Gasteiger partial charge is 0.0359 e. The van der Waals surface area contributed by atoms with Crippen molar-refractivity contribution in [2.45, 2.75) is 38.5 Å². The van der Waals surface area contributed by atoms with Gasteiger partial charge in [-0.3, -0.25) is 0 Å². The summed E-state index contributed by atoms with van der Waals surface area (Å²) in [6, 6.07) is 25.5. The van der Waals surface area contributed by atoms with Crippen LogP contribution in [0.1, 0.15) is 36.1 Å². The van der Waals surface area contributed by atoms with E-state index in [2.05, 4.69) is 74.5 Å². The maximum atomic E-state index is 8.48. The standard InChI is InChI=1S/C26H26/c1-20-9-13-22(14-10-20)18-26(19-23-15-11-21(2)12-16-23)17-5-7-24-6-3-4-8-25(24)26/h3-6,8-17H,7,18-19H2,1-2H3/i7D2. The van der Waals surface area contributed by atoms with Crippen molar-refractivity contribution in [3.05, 3.63) is 118 Å². The van der Waals surface area contributed by atoms with Gasteiger partial charge in [0.15, 0.2) is 0 Å². The molecule has 1 aliphatic rings. The molecule has 130 valence electrons. The summed E-state index contributed by atoms with van der Waals surface area (Å²) in [7, 11) is 0. The van der Waals surface area contributed by atoms with E-state index >= 15 is 0 Å². The quantitative estimate of drug-likeness (QED) is 0.500. The first-order valence-corrected chi connectivity index (χ1v) is 9.29. The van der Waals surface area contributed by atoms with Crippen LogP contribution in [0.2, 0.25) is 0 Å². The van der Waals surface area contributed by atoms with Gasteiger partial charge >= 0.3 is 0 Å². The molecule has 4 rings (SSSR count). The van der Waals surface area contributed by atoms with Crippen molar-refractivity contribution in [3.63, 3.8) is 0 Å². The molecule has 0 saturated carbocycles. The number of fused-ring (bicyclic) bond motifs is 1. The van der Waals surface area contributed by atoms with Gasteiger partial charge < -0.3 is 0 Å². The third kappa shape index (κ3) is 3.37. The molecule has 0 bridgehead atoms. The van der Waals surface area contributed by atoms with E-state index in [1.54, 1.807) is 6.08 Å². The minimum atomic E-state index is -1.43. The molecule has 0 nitrogen and oxygen atoms in total. The van der Waals surface area contributed by atoms with Crippen LogP contribution in [0.5, 0.6) is 0 Å². The molecule has 3 aromatic carbocycles. The molecule has 26 heavy (non-hydrogen) atoms. The molecule has 0 heteroatoms. The van der Waals surface area contributed by atoms with Crippen molar-refractivity contribution in [1.29, 1.82) is 0 Å². The van der Waals surface area contributed by atoms with Gasteiger partial charge in [-0.2, -0.15) is 0 Å². The molecule has 0 heterocycles. The Morgan fingerprint density at radius 3 is 1.88 bits per heavy atom. The summed E-state index contributed by atoms with van der Waals surface area (Å²) in [6.45, 7) is 4.21. The highest BCUT2D eigenvalue weighted by Crippen LogP contribution is 2.39. The molecule has 0 unspecified atom stereocenters. The lowest BCUT2D eigenvalue weighted by atomic mass is 9.67. The number of rotatable bonds is 4. The summed E-state index contributed by atoms with van der Waals surface area (Å²) in [5.41, 5.74) is 6.70. The summed E-state index contributed by atoms with van der Waals surface area (Å²) >= 11 is 0. The molecule has 0 saturated heterocycles. The van der Waals surface area contributed by atoms with Crippen molar-refractivity contribution >= 4 is 0 Å². The molecular weight excluding hydrogens is 312 g/mol. The summed E-state index contributed by atoms with van der Waals surface area (Å²) in [6.07, 6.45) is 4.16. The number of hydrogen-bond acceptors (Lipinski definition) is 0. The Hall–Kier alpha value is -2.60. The number of hydrogen-bond donors (Lipinski definition) is 0. The van der Waals surface area contributed by atoms with Crippen LogP contribution in [0, 0.1) is 13.8 Å². The van der Waals surface area contributed by atoms with Gasteiger partial charge in [0.25, 0.3) is 0 Å². The van der Waals surface area contributed by atoms with Gasteiger partial charge in [-0.25, -0.2) is 0 Å². The van der Waals surface area contributed by atoms with E-state index in [9.17, 15) is 0 Å². The van der Waals surface area contributed by atoms with Crippen LogP contribution in [-0.2, 0) is 24.6 Å². The highest BCUT2D eigenvalue weighted by molar-refractivity contribution is 5.46. The molecular formula is C26H26. The average molecular weight is 341 g/mol. The van der Waals surface area contributed by atoms with Gasteiger partial charge in [-0.15, -0.1) is 0 Å². The Morgan fingerprint density at radius 1 is 0.769 bits per heavy atom. The van der Waals surface area contributed by atoms with Gasteiger partial charge in [0.1, 0.15) is 0 Å². The Labute approximate surface area is 160 Å². The zero-order valence-corrected chi connectivity index (χ0v) is 15.5. The number of allylic oxidation sites excluding steroid dienone is 2. The maximum Gasteiger partial charge on any atom is 0.0359 e. The van der Waals surface area contributed by atoms with E-state index in [4.69, 9.17) is 2.74 Å². The first-order valence-electron chi connectivity index (χ1n) is 10.3. The SMILES string of the molecule is [2H]C1([2H])C=CC(Cc2ccc(C)cc2)(Cc2ccc(C)cc2)c2ccccc21. The predicted octanol–water partition coefficient (Wildman–Crippen LogP) is 6.14. The van der Waals surface area contributed by atoms with Crippen LogP contribution in [-0.4, -0.2) is 0 Å². The topological polar surface area (TPSA) is 0 Å². The molecule has 0 atom stereocenters. The highest BCUT2D eigenvalue weighted by atomic mass is 14.4. The van der Waals surface area contributed by atoms with Gasteiger partial charge in [0.05, 0.1) is 0 Å². The van der Waals surface area contributed by atoms with E-state index < -0.39 is 6.37 Å². The summed E-state index contributed by atoms with van der Waals surface area (Å²) in [4.78, 5) is 0. The monoisotopic (exact) mass is 340 g/mol. The fourth-order valence-electron chi connectivity index (χ4n) is 3.94. The van der Waals surface area contributed by atoms with E-state index in [0.29, 0.717) is 0 Å². The van der Waals surface area contributed by atoms with Crippen LogP contribution < -0.4 is 0 Å². The van der Waals surface area contributed by atoms with E-state index in [1.807, 2.05) is 18.2 Å². The molecule has 3 aromatic rings. The Bertz CT molecular complexity index is 948. The molecule has 0 N–H and O–H groups in total. The predicted molar refractivity (Wildman–Crippen MR) is 111 cm³/mol. The lowest BCUT2D eigenvalue weighted by Crippen LogP contribution is -2.32. The summed E-state index contributed by atoms with van der Waals surface area (Å²) in [5, 5.41) is 0. The second-order valence-electron chi connectivity index (χ2n) is 7.50. The fraction of sp³-hybridized carbons (Fsp3) is 0.231. The third-order valence-corrected chi connectivity index (χ3v) is 5.39. The molecule has 0 spiro atoms. The molecule has 0 radical (unpaired) electrons. The second-order valence-corrected chi connectivity index (χ2v) is 7.50.